The number of anilines is 1. The molecule has 0 aliphatic heterocycles. The Morgan fingerprint density at radius 1 is 1.11 bits per heavy atom. The van der Waals surface area contributed by atoms with E-state index in [-0.39, 0.29) is 17.6 Å². The Morgan fingerprint density at radius 3 is 2.67 bits per heavy atom. The molecule has 0 bridgehead atoms. The molecule has 6 heteroatoms. The van der Waals surface area contributed by atoms with Gasteiger partial charge in [0.15, 0.2) is 5.76 Å². The van der Waals surface area contributed by atoms with Crippen LogP contribution in [-0.2, 0) is 6.54 Å². The number of hydrogen-bond acceptors (Lipinski definition) is 4. The minimum Gasteiger partial charge on any atom is -0.459 e. The van der Waals surface area contributed by atoms with Gasteiger partial charge in [0.25, 0.3) is 11.8 Å². The summed E-state index contributed by atoms with van der Waals surface area (Å²) in [7, 11) is 1.69. The van der Waals surface area contributed by atoms with Crippen molar-refractivity contribution in [1.29, 1.82) is 5.26 Å². The van der Waals surface area contributed by atoms with E-state index >= 15 is 0 Å². The highest BCUT2D eigenvalue weighted by atomic mass is 16.3. The summed E-state index contributed by atoms with van der Waals surface area (Å²) in [5.41, 5.74) is 2.37. The van der Waals surface area contributed by atoms with E-state index in [0.717, 1.165) is 5.56 Å². The molecule has 27 heavy (non-hydrogen) atoms. The Kier molecular flexibility index (Phi) is 5.33. The first-order valence-corrected chi connectivity index (χ1v) is 8.26. The normalized spacial score (nSPS) is 10.1. The van der Waals surface area contributed by atoms with Gasteiger partial charge in [0.05, 0.1) is 17.9 Å². The number of carbonyl (C=O) groups is 2. The molecule has 3 rings (SSSR count). The lowest BCUT2D eigenvalue weighted by molar-refractivity contribution is 0.0784. The maximum absolute atomic E-state index is 12.7. The molecular weight excluding hydrogens is 342 g/mol. The third kappa shape index (κ3) is 4.41. The largest absolute Gasteiger partial charge is 0.459 e. The zero-order chi connectivity index (χ0) is 19.2. The fourth-order valence-electron chi connectivity index (χ4n) is 2.64. The van der Waals surface area contributed by atoms with Crippen molar-refractivity contribution in [3.8, 4) is 6.07 Å². The SMILES string of the molecule is CN(Cc1cccc(C#N)c1)C(=O)c1cccc(NC(=O)c2ccco2)c1. The number of rotatable bonds is 5. The fraction of sp³-hybridized carbons (Fsp3) is 0.0952. The Balaban J connectivity index is 1.70. The van der Waals surface area contributed by atoms with Gasteiger partial charge < -0.3 is 14.6 Å². The highest BCUT2D eigenvalue weighted by Crippen LogP contribution is 2.15. The van der Waals surface area contributed by atoms with Gasteiger partial charge in [0, 0.05) is 24.8 Å². The number of nitrogens with one attached hydrogen (secondary N) is 1. The molecule has 0 aliphatic rings. The van der Waals surface area contributed by atoms with Crippen LogP contribution in [0.25, 0.3) is 0 Å². The second-order valence-corrected chi connectivity index (χ2v) is 5.99. The van der Waals surface area contributed by atoms with Crippen molar-refractivity contribution in [2.24, 2.45) is 0 Å². The lowest BCUT2D eigenvalue weighted by Gasteiger charge is -2.18. The van der Waals surface area contributed by atoms with Crippen LogP contribution in [0.5, 0.6) is 0 Å². The first kappa shape index (κ1) is 18.0. The monoisotopic (exact) mass is 359 g/mol. The predicted octanol–water partition coefficient (Wildman–Crippen LogP) is 3.68. The van der Waals surface area contributed by atoms with Gasteiger partial charge in [-0.25, -0.2) is 0 Å². The number of nitriles is 1. The number of nitrogens with zero attached hydrogens (tertiary/aromatic N) is 2. The van der Waals surface area contributed by atoms with Gasteiger partial charge >= 0.3 is 0 Å². The van der Waals surface area contributed by atoms with E-state index in [4.69, 9.17) is 9.68 Å². The van der Waals surface area contributed by atoms with Crippen LogP contribution in [0.15, 0.2) is 71.3 Å². The van der Waals surface area contributed by atoms with E-state index in [1.165, 1.54) is 6.26 Å². The molecule has 6 nitrogen and oxygen atoms in total. The van der Waals surface area contributed by atoms with Crippen LogP contribution in [0.4, 0.5) is 5.69 Å². The average molecular weight is 359 g/mol. The van der Waals surface area contributed by atoms with Crippen LogP contribution < -0.4 is 5.32 Å². The Hall–Kier alpha value is -3.85. The zero-order valence-electron chi connectivity index (χ0n) is 14.7. The second kappa shape index (κ2) is 8.02. The Morgan fingerprint density at radius 2 is 1.93 bits per heavy atom. The van der Waals surface area contributed by atoms with Crippen LogP contribution in [0.3, 0.4) is 0 Å². The Bertz CT molecular complexity index is 1000. The minimum atomic E-state index is -0.383. The summed E-state index contributed by atoms with van der Waals surface area (Å²) in [6.07, 6.45) is 1.42. The standard InChI is InChI=1S/C21H17N3O3/c1-24(14-16-6-2-5-15(11-16)13-22)21(26)17-7-3-8-18(12-17)23-20(25)19-9-4-10-27-19/h2-12H,14H2,1H3,(H,23,25). The zero-order valence-corrected chi connectivity index (χ0v) is 14.7. The maximum atomic E-state index is 12.7. The smallest absolute Gasteiger partial charge is 0.291 e. The van der Waals surface area contributed by atoms with E-state index in [2.05, 4.69) is 11.4 Å². The summed E-state index contributed by atoms with van der Waals surface area (Å²) >= 11 is 0. The highest BCUT2D eigenvalue weighted by molar-refractivity contribution is 6.03. The van der Waals surface area contributed by atoms with Gasteiger partial charge in [-0.15, -0.1) is 0 Å². The molecule has 1 heterocycles. The molecule has 2 aromatic carbocycles. The molecule has 134 valence electrons. The molecule has 0 saturated carbocycles. The summed E-state index contributed by atoms with van der Waals surface area (Å²) < 4.78 is 5.06. The summed E-state index contributed by atoms with van der Waals surface area (Å²) in [6, 6.07) is 19.1. The minimum absolute atomic E-state index is 0.188. The fourth-order valence-corrected chi connectivity index (χ4v) is 2.64. The van der Waals surface area contributed by atoms with Crippen molar-refractivity contribution in [3.05, 3.63) is 89.4 Å². The lowest BCUT2D eigenvalue weighted by Crippen LogP contribution is -2.26. The molecule has 0 atom stereocenters. The van der Waals surface area contributed by atoms with Gasteiger partial charge in [0.1, 0.15) is 0 Å². The van der Waals surface area contributed by atoms with Crippen LogP contribution >= 0.6 is 0 Å². The molecule has 1 N–H and O–H groups in total. The van der Waals surface area contributed by atoms with Crippen molar-refractivity contribution in [1.82, 2.24) is 4.90 Å². The van der Waals surface area contributed by atoms with Crippen LogP contribution in [0.2, 0.25) is 0 Å². The highest BCUT2D eigenvalue weighted by Gasteiger charge is 2.14. The quantitative estimate of drug-likeness (QED) is 0.753. The van der Waals surface area contributed by atoms with Gasteiger partial charge in [-0.05, 0) is 48.0 Å². The summed E-state index contributed by atoms with van der Waals surface area (Å²) in [5.74, 6) is -0.376. The third-order valence-electron chi connectivity index (χ3n) is 3.93. The molecule has 2 amide bonds. The summed E-state index contributed by atoms with van der Waals surface area (Å²) in [6.45, 7) is 0.372. The van der Waals surface area contributed by atoms with E-state index in [1.807, 2.05) is 6.07 Å². The second-order valence-electron chi connectivity index (χ2n) is 5.99. The lowest BCUT2D eigenvalue weighted by atomic mass is 10.1. The van der Waals surface area contributed by atoms with E-state index in [0.29, 0.717) is 23.4 Å². The summed E-state index contributed by atoms with van der Waals surface area (Å²) in [4.78, 5) is 26.3. The van der Waals surface area contributed by atoms with Gasteiger partial charge in [-0.3, -0.25) is 9.59 Å². The molecule has 0 saturated heterocycles. The van der Waals surface area contributed by atoms with Crippen molar-refractivity contribution in [2.45, 2.75) is 6.54 Å². The van der Waals surface area contributed by atoms with Gasteiger partial charge in [-0.2, -0.15) is 5.26 Å². The molecule has 0 fully saturated rings. The number of benzene rings is 2. The summed E-state index contributed by atoms with van der Waals surface area (Å²) in [5, 5.41) is 11.7. The van der Waals surface area contributed by atoms with Crippen molar-refractivity contribution < 1.29 is 14.0 Å². The van der Waals surface area contributed by atoms with Crippen molar-refractivity contribution in [2.75, 3.05) is 12.4 Å². The van der Waals surface area contributed by atoms with Crippen molar-refractivity contribution in [3.63, 3.8) is 0 Å². The van der Waals surface area contributed by atoms with Crippen LogP contribution in [-0.4, -0.2) is 23.8 Å². The number of carbonyl (C=O) groups excluding carboxylic acids is 2. The average Bonchev–Trinajstić information content (AvgIpc) is 3.22. The maximum Gasteiger partial charge on any atom is 0.291 e. The Labute approximate surface area is 156 Å². The first-order valence-electron chi connectivity index (χ1n) is 8.26. The molecule has 3 aromatic rings. The topological polar surface area (TPSA) is 86.3 Å². The number of amides is 2. The van der Waals surface area contributed by atoms with Crippen LogP contribution in [0, 0.1) is 11.3 Å². The third-order valence-corrected chi connectivity index (χ3v) is 3.93. The number of hydrogen-bond donors (Lipinski definition) is 1. The molecule has 1 aromatic heterocycles. The predicted molar refractivity (Wildman–Crippen MR) is 100 cm³/mol. The molecule has 0 radical (unpaired) electrons. The van der Waals surface area contributed by atoms with Crippen molar-refractivity contribution >= 4 is 17.5 Å². The van der Waals surface area contributed by atoms with Crippen LogP contribution in [0.1, 0.15) is 32.0 Å². The van der Waals surface area contributed by atoms with E-state index < -0.39 is 0 Å². The van der Waals surface area contributed by atoms with Gasteiger partial charge in [0.2, 0.25) is 0 Å². The van der Waals surface area contributed by atoms with Gasteiger partial charge in [-0.1, -0.05) is 18.2 Å². The van der Waals surface area contributed by atoms with E-state index in [1.54, 1.807) is 66.5 Å². The van der Waals surface area contributed by atoms with E-state index in [9.17, 15) is 9.59 Å². The molecule has 0 unspecified atom stereocenters. The molecule has 0 spiro atoms. The first-order chi connectivity index (χ1) is 13.1. The molecule has 0 aliphatic carbocycles. The number of furan rings is 1. The molecular formula is C21H17N3O3.